The van der Waals surface area contributed by atoms with E-state index in [1.54, 1.807) is 20.8 Å². The highest BCUT2D eigenvalue weighted by atomic mass is 19.4. The van der Waals surface area contributed by atoms with E-state index in [9.17, 15) is 22.8 Å². The second kappa shape index (κ2) is 6.44. The molecule has 0 N–H and O–H groups in total. The molecule has 0 aromatic heterocycles. The molecule has 5 nitrogen and oxygen atoms in total. The van der Waals surface area contributed by atoms with Crippen molar-refractivity contribution in [2.45, 2.75) is 70.2 Å². The monoisotopic (exact) mass is 350 g/mol. The van der Waals surface area contributed by atoms with Crippen molar-refractivity contribution < 1.29 is 27.5 Å². The van der Waals surface area contributed by atoms with E-state index in [2.05, 4.69) is 0 Å². The first-order valence-corrected chi connectivity index (χ1v) is 8.31. The van der Waals surface area contributed by atoms with Crippen molar-refractivity contribution in [2.24, 2.45) is 0 Å². The molecule has 2 rings (SSSR count). The molecule has 0 saturated carbocycles. The van der Waals surface area contributed by atoms with Crippen LogP contribution in [0.4, 0.5) is 18.0 Å². The molecule has 1 spiro atoms. The Morgan fingerprint density at radius 3 is 2.04 bits per heavy atom. The van der Waals surface area contributed by atoms with Gasteiger partial charge in [0.2, 0.25) is 0 Å². The highest BCUT2D eigenvalue weighted by Gasteiger charge is 2.52. The van der Waals surface area contributed by atoms with E-state index in [0.29, 0.717) is 38.8 Å². The zero-order valence-electron chi connectivity index (χ0n) is 14.4. The topological polar surface area (TPSA) is 49.9 Å². The fourth-order valence-electron chi connectivity index (χ4n) is 3.52. The molecule has 0 bridgehead atoms. The molecule has 0 aliphatic carbocycles. The van der Waals surface area contributed by atoms with E-state index in [0.717, 1.165) is 11.3 Å². The number of likely N-dealkylation sites (tertiary alicyclic amines) is 2. The number of piperidine rings is 2. The summed E-state index contributed by atoms with van der Waals surface area (Å²) in [5, 5.41) is 0. The van der Waals surface area contributed by atoms with E-state index in [-0.39, 0.29) is 6.54 Å². The van der Waals surface area contributed by atoms with Crippen molar-refractivity contribution in [3.8, 4) is 0 Å². The predicted octanol–water partition coefficient (Wildman–Crippen LogP) is 3.33. The minimum absolute atomic E-state index is 0.130. The zero-order valence-corrected chi connectivity index (χ0v) is 14.4. The third-order valence-corrected chi connectivity index (χ3v) is 4.68. The van der Waals surface area contributed by atoms with Crippen LogP contribution in [0.1, 0.15) is 52.9 Å². The van der Waals surface area contributed by atoms with Gasteiger partial charge < -0.3 is 14.5 Å². The van der Waals surface area contributed by atoms with Gasteiger partial charge >= 0.3 is 18.2 Å². The van der Waals surface area contributed by atoms with Crippen molar-refractivity contribution >= 4 is 12.0 Å². The molecule has 0 aromatic carbocycles. The number of rotatable bonds is 0. The number of halogens is 3. The summed E-state index contributed by atoms with van der Waals surface area (Å²) in [6.45, 7) is 6.03. The van der Waals surface area contributed by atoms with Gasteiger partial charge in [-0.3, -0.25) is 4.79 Å². The Bertz CT molecular complexity index is 492. The minimum atomic E-state index is -4.85. The fourth-order valence-corrected chi connectivity index (χ4v) is 3.52. The van der Waals surface area contributed by atoms with Gasteiger partial charge in [0, 0.05) is 25.2 Å². The summed E-state index contributed by atoms with van der Waals surface area (Å²) in [4.78, 5) is 26.4. The standard InChI is InChI=1S/C16H25F3N2O3/c1-14(2,3)24-13(23)20-10-7-15(8-11-20)6-4-5-9-21(15)12(22)16(17,18)19/h4-11H2,1-3H3. The van der Waals surface area contributed by atoms with Crippen LogP contribution in [0.5, 0.6) is 0 Å². The Morgan fingerprint density at radius 1 is 0.958 bits per heavy atom. The minimum Gasteiger partial charge on any atom is -0.444 e. The zero-order chi connectivity index (χ0) is 18.2. The van der Waals surface area contributed by atoms with Crippen LogP contribution in [0.3, 0.4) is 0 Å². The van der Waals surface area contributed by atoms with Crippen LogP contribution in [0.2, 0.25) is 0 Å². The molecule has 2 saturated heterocycles. The molecular formula is C16H25F3N2O3. The Kier molecular flexibility index (Phi) is 5.06. The SMILES string of the molecule is CC(C)(C)OC(=O)N1CCC2(CCCCN2C(=O)C(F)(F)F)CC1. The van der Waals surface area contributed by atoms with Gasteiger partial charge in [-0.1, -0.05) is 0 Å². The fraction of sp³-hybridized carbons (Fsp3) is 0.875. The maximum absolute atomic E-state index is 12.9. The van der Waals surface area contributed by atoms with Gasteiger partial charge in [0.05, 0.1) is 0 Å². The molecule has 2 amide bonds. The van der Waals surface area contributed by atoms with Crippen LogP contribution in [0.15, 0.2) is 0 Å². The lowest BCUT2D eigenvalue weighted by atomic mass is 9.78. The van der Waals surface area contributed by atoms with Gasteiger partial charge in [-0.25, -0.2) is 4.79 Å². The van der Waals surface area contributed by atoms with Crippen LogP contribution in [-0.2, 0) is 9.53 Å². The number of nitrogens with zero attached hydrogens (tertiary/aromatic N) is 2. The van der Waals surface area contributed by atoms with Crippen molar-refractivity contribution in [2.75, 3.05) is 19.6 Å². The summed E-state index contributed by atoms with van der Waals surface area (Å²) in [6.07, 6.45) is -2.67. The summed E-state index contributed by atoms with van der Waals surface area (Å²) in [7, 11) is 0. The van der Waals surface area contributed by atoms with Gasteiger partial charge in [0.1, 0.15) is 5.60 Å². The maximum atomic E-state index is 12.9. The smallest absolute Gasteiger partial charge is 0.444 e. The van der Waals surface area contributed by atoms with Crippen LogP contribution in [0, 0.1) is 0 Å². The summed E-state index contributed by atoms with van der Waals surface area (Å²) < 4.78 is 44.0. The molecule has 0 atom stereocenters. The highest BCUT2D eigenvalue weighted by molar-refractivity contribution is 5.82. The number of ether oxygens (including phenoxy) is 1. The third-order valence-electron chi connectivity index (χ3n) is 4.68. The van der Waals surface area contributed by atoms with E-state index >= 15 is 0 Å². The number of hydrogen-bond acceptors (Lipinski definition) is 3. The molecule has 2 aliphatic rings. The van der Waals surface area contributed by atoms with Crippen LogP contribution in [-0.4, -0.2) is 58.8 Å². The lowest BCUT2D eigenvalue weighted by molar-refractivity contribution is -0.195. The van der Waals surface area contributed by atoms with Crippen LogP contribution >= 0.6 is 0 Å². The van der Waals surface area contributed by atoms with E-state index in [1.165, 1.54) is 4.90 Å². The molecule has 0 unspecified atom stereocenters. The average Bonchev–Trinajstić information content (AvgIpc) is 2.45. The maximum Gasteiger partial charge on any atom is 0.471 e. The van der Waals surface area contributed by atoms with Crippen LogP contribution in [0.25, 0.3) is 0 Å². The lowest BCUT2D eigenvalue weighted by Gasteiger charge is -2.51. The molecule has 0 radical (unpaired) electrons. The third kappa shape index (κ3) is 4.13. The van der Waals surface area contributed by atoms with Gasteiger partial charge in [0.15, 0.2) is 0 Å². The van der Waals surface area contributed by atoms with Gasteiger partial charge in [-0.2, -0.15) is 13.2 Å². The lowest BCUT2D eigenvalue weighted by Crippen LogP contribution is -2.62. The average molecular weight is 350 g/mol. The van der Waals surface area contributed by atoms with Crippen molar-refractivity contribution in [3.05, 3.63) is 0 Å². The number of alkyl halides is 3. The first-order valence-electron chi connectivity index (χ1n) is 8.31. The summed E-state index contributed by atoms with van der Waals surface area (Å²) >= 11 is 0. The van der Waals surface area contributed by atoms with E-state index < -0.39 is 29.3 Å². The van der Waals surface area contributed by atoms with Crippen molar-refractivity contribution in [1.82, 2.24) is 9.80 Å². The first kappa shape index (κ1) is 18.9. The molecule has 0 aromatic rings. The van der Waals surface area contributed by atoms with Crippen LogP contribution < -0.4 is 0 Å². The van der Waals surface area contributed by atoms with Gasteiger partial charge in [-0.05, 0) is 52.9 Å². The van der Waals surface area contributed by atoms with Gasteiger partial charge in [-0.15, -0.1) is 0 Å². The second-order valence-corrected chi connectivity index (χ2v) is 7.60. The summed E-state index contributed by atoms with van der Waals surface area (Å²) in [5.41, 5.74) is -1.40. The molecule has 24 heavy (non-hydrogen) atoms. The quantitative estimate of drug-likeness (QED) is 0.673. The number of carbonyl (C=O) groups excluding carboxylic acids is 2. The predicted molar refractivity (Wildman–Crippen MR) is 81.4 cm³/mol. The number of carbonyl (C=O) groups is 2. The molecule has 2 aliphatic heterocycles. The molecular weight excluding hydrogens is 325 g/mol. The van der Waals surface area contributed by atoms with E-state index in [4.69, 9.17) is 4.74 Å². The Morgan fingerprint density at radius 2 is 1.54 bits per heavy atom. The highest BCUT2D eigenvalue weighted by Crippen LogP contribution is 2.39. The normalized spacial score (nSPS) is 21.8. The molecule has 2 heterocycles. The Hall–Kier alpha value is -1.47. The van der Waals surface area contributed by atoms with Crippen molar-refractivity contribution in [3.63, 3.8) is 0 Å². The number of amides is 2. The van der Waals surface area contributed by atoms with Crippen molar-refractivity contribution in [1.29, 1.82) is 0 Å². The molecule has 8 heteroatoms. The first-order chi connectivity index (χ1) is 10.9. The Labute approximate surface area is 140 Å². The number of hydrogen-bond donors (Lipinski definition) is 0. The summed E-state index contributed by atoms with van der Waals surface area (Å²) in [6, 6.07) is 0. The summed E-state index contributed by atoms with van der Waals surface area (Å²) in [5.74, 6) is -1.76. The Balaban J connectivity index is 2.06. The molecule has 2 fully saturated rings. The largest absolute Gasteiger partial charge is 0.471 e. The second-order valence-electron chi connectivity index (χ2n) is 7.60. The van der Waals surface area contributed by atoms with E-state index in [1.807, 2.05) is 0 Å². The molecule has 138 valence electrons. The van der Waals surface area contributed by atoms with Gasteiger partial charge in [0.25, 0.3) is 0 Å².